The molecule has 3 rings (SSSR count). The normalized spacial score (nSPS) is 40.5. The SMILES string of the molecule is CCCC1CCC(C(=O)C2CCOC3(CCOC3)C2)CC1. The van der Waals surface area contributed by atoms with Crippen LogP contribution in [-0.2, 0) is 14.3 Å². The van der Waals surface area contributed by atoms with Crippen LogP contribution in [0, 0.1) is 17.8 Å². The maximum Gasteiger partial charge on any atom is 0.139 e. The van der Waals surface area contributed by atoms with Crippen molar-refractivity contribution in [3.05, 3.63) is 0 Å². The highest BCUT2D eigenvalue weighted by Crippen LogP contribution is 2.40. The fraction of sp³-hybridized carbons (Fsp3) is 0.944. The van der Waals surface area contributed by atoms with Gasteiger partial charge in [-0.05, 0) is 44.4 Å². The standard InChI is InChI=1S/C18H30O3/c1-2-3-14-4-6-15(7-5-14)17(19)16-8-10-21-18(12-16)9-11-20-13-18/h14-16H,2-13H2,1H3. The van der Waals surface area contributed by atoms with Gasteiger partial charge in [-0.25, -0.2) is 0 Å². The second-order valence-corrected chi connectivity index (χ2v) is 7.43. The molecule has 2 unspecified atom stereocenters. The van der Waals surface area contributed by atoms with E-state index in [4.69, 9.17) is 9.47 Å². The van der Waals surface area contributed by atoms with Crippen molar-refractivity contribution in [1.29, 1.82) is 0 Å². The molecule has 3 aliphatic rings. The Morgan fingerprint density at radius 1 is 1.10 bits per heavy atom. The lowest BCUT2D eigenvalue weighted by molar-refractivity contribution is -0.141. The zero-order valence-corrected chi connectivity index (χ0v) is 13.4. The number of hydrogen-bond acceptors (Lipinski definition) is 3. The summed E-state index contributed by atoms with van der Waals surface area (Å²) in [5.41, 5.74) is -0.127. The molecule has 2 heterocycles. The molecule has 0 aromatic heterocycles. The molecule has 0 amide bonds. The smallest absolute Gasteiger partial charge is 0.139 e. The van der Waals surface area contributed by atoms with E-state index in [9.17, 15) is 4.79 Å². The maximum atomic E-state index is 12.9. The number of hydrogen-bond donors (Lipinski definition) is 0. The Morgan fingerprint density at radius 3 is 2.57 bits per heavy atom. The van der Waals surface area contributed by atoms with Crippen molar-refractivity contribution < 1.29 is 14.3 Å². The molecule has 0 bridgehead atoms. The van der Waals surface area contributed by atoms with E-state index in [0.717, 1.165) is 51.2 Å². The van der Waals surface area contributed by atoms with Gasteiger partial charge in [0, 0.05) is 31.5 Å². The van der Waals surface area contributed by atoms with Gasteiger partial charge in [-0.15, -0.1) is 0 Å². The van der Waals surface area contributed by atoms with Gasteiger partial charge in [-0.1, -0.05) is 19.8 Å². The first-order chi connectivity index (χ1) is 10.2. The summed E-state index contributed by atoms with van der Waals surface area (Å²) in [6.45, 7) is 4.50. The molecule has 0 aromatic rings. The van der Waals surface area contributed by atoms with E-state index in [2.05, 4.69) is 6.92 Å². The molecule has 1 spiro atoms. The summed E-state index contributed by atoms with van der Waals surface area (Å²) >= 11 is 0. The van der Waals surface area contributed by atoms with Crippen LogP contribution < -0.4 is 0 Å². The van der Waals surface area contributed by atoms with Crippen LogP contribution in [0.1, 0.15) is 64.7 Å². The molecule has 2 atom stereocenters. The van der Waals surface area contributed by atoms with Gasteiger partial charge >= 0.3 is 0 Å². The lowest BCUT2D eigenvalue weighted by Crippen LogP contribution is -2.44. The molecule has 3 fully saturated rings. The van der Waals surface area contributed by atoms with E-state index in [1.54, 1.807) is 0 Å². The average molecular weight is 294 g/mol. The van der Waals surface area contributed by atoms with Crippen molar-refractivity contribution in [2.75, 3.05) is 19.8 Å². The molecule has 21 heavy (non-hydrogen) atoms. The summed E-state index contributed by atoms with van der Waals surface area (Å²) in [7, 11) is 0. The molecular formula is C18H30O3. The van der Waals surface area contributed by atoms with Crippen molar-refractivity contribution in [3.63, 3.8) is 0 Å². The summed E-state index contributed by atoms with van der Waals surface area (Å²) in [6, 6.07) is 0. The first-order valence-corrected chi connectivity index (χ1v) is 8.98. The summed E-state index contributed by atoms with van der Waals surface area (Å²) < 4.78 is 11.5. The van der Waals surface area contributed by atoms with Crippen LogP contribution in [-0.4, -0.2) is 31.2 Å². The highest BCUT2D eigenvalue weighted by Gasteiger charge is 2.44. The molecule has 3 heteroatoms. The van der Waals surface area contributed by atoms with Crippen molar-refractivity contribution in [2.24, 2.45) is 17.8 Å². The highest BCUT2D eigenvalue weighted by atomic mass is 16.6. The van der Waals surface area contributed by atoms with Gasteiger partial charge in [-0.2, -0.15) is 0 Å². The van der Waals surface area contributed by atoms with Gasteiger partial charge in [0.1, 0.15) is 5.78 Å². The quantitative estimate of drug-likeness (QED) is 0.792. The van der Waals surface area contributed by atoms with Crippen LogP contribution in [0.3, 0.4) is 0 Å². The highest BCUT2D eigenvalue weighted by molar-refractivity contribution is 5.83. The summed E-state index contributed by atoms with van der Waals surface area (Å²) in [4.78, 5) is 12.9. The van der Waals surface area contributed by atoms with Crippen molar-refractivity contribution in [2.45, 2.75) is 70.3 Å². The Hall–Kier alpha value is -0.410. The minimum Gasteiger partial charge on any atom is -0.378 e. The number of rotatable bonds is 4. The van der Waals surface area contributed by atoms with E-state index < -0.39 is 0 Å². The Bertz CT molecular complexity index is 351. The van der Waals surface area contributed by atoms with Gasteiger partial charge in [0.15, 0.2) is 0 Å². The van der Waals surface area contributed by atoms with E-state index in [1.807, 2.05) is 0 Å². The van der Waals surface area contributed by atoms with Crippen molar-refractivity contribution >= 4 is 5.78 Å². The molecule has 3 nitrogen and oxygen atoms in total. The lowest BCUT2D eigenvalue weighted by atomic mass is 9.73. The zero-order valence-electron chi connectivity index (χ0n) is 13.4. The Labute approximate surface area is 128 Å². The molecule has 2 aliphatic heterocycles. The second-order valence-electron chi connectivity index (χ2n) is 7.43. The number of ether oxygens (including phenoxy) is 2. The van der Waals surface area contributed by atoms with Gasteiger partial charge in [-0.3, -0.25) is 4.79 Å². The molecule has 1 saturated carbocycles. The third-order valence-corrected chi connectivity index (χ3v) is 5.91. The predicted octanol–water partition coefficient (Wildman–Crippen LogP) is 3.75. The Kier molecular flexibility index (Phi) is 5.00. The molecule has 0 radical (unpaired) electrons. The van der Waals surface area contributed by atoms with Crippen molar-refractivity contribution in [3.8, 4) is 0 Å². The first-order valence-electron chi connectivity index (χ1n) is 8.98. The molecule has 2 saturated heterocycles. The van der Waals surface area contributed by atoms with Crippen LogP contribution in [0.5, 0.6) is 0 Å². The Balaban J connectivity index is 1.53. The lowest BCUT2D eigenvalue weighted by Gasteiger charge is -2.38. The maximum absolute atomic E-state index is 12.9. The van der Waals surface area contributed by atoms with Gasteiger partial charge in [0.2, 0.25) is 0 Å². The molecule has 0 aromatic carbocycles. The largest absolute Gasteiger partial charge is 0.378 e. The van der Waals surface area contributed by atoms with E-state index >= 15 is 0 Å². The minimum absolute atomic E-state index is 0.127. The van der Waals surface area contributed by atoms with Gasteiger partial charge < -0.3 is 9.47 Å². The third kappa shape index (κ3) is 3.50. The minimum atomic E-state index is -0.127. The summed E-state index contributed by atoms with van der Waals surface area (Å²) in [5, 5.41) is 0. The number of ketones is 1. The van der Waals surface area contributed by atoms with Gasteiger partial charge in [0.05, 0.1) is 12.2 Å². The number of carbonyl (C=O) groups is 1. The van der Waals surface area contributed by atoms with E-state index in [1.165, 1.54) is 25.7 Å². The van der Waals surface area contributed by atoms with E-state index in [-0.39, 0.29) is 11.5 Å². The molecular weight excluding hydrogens is 264 g/mol. The second kappa shape index (κ2) is 6.78. The topological polar surface area (TPSA) is 35.5 Å². The van der Waals surface area contributed by atoms with Crippen LogP contribution >= 0.6 is 0 Å². The van der Waals surface area contributed by atoms with Crippen molar-refractivity contribution in [1.82, 2.24) is 0 Å². The molecule has 1 aliphatic carbocycles. The number of Topliss-reactive ketones (excluding diaryl/α,β-unsaturated/α-hetero) is 1. The monoisotopic (exact) mass is 294 g/mol. The van der Waals surface area contributed by atoms with E-state index in [0.29, 0.717) is 18.3 Å². The van der Waals surface area contributed by atoms with Crippen LogP contribution in [0.2, 0.25) is 0 Å². The fourth-order valence-corrected chi connectivity index (χ4v) is 4.61. The predicted molar refractivity (Wildman–Crippen MR) is 82.2 cm³/mol. The van der Waals surface area contributed by atoms with Crippen LogP contribution in [0.25, 0.3) is 0 Å². The van der Waals surface area contributed by atoms with Gasteiger partial charge in [0.25, 0.3) is 0 Å². The van der Waals surface area contributed by atoms with Crippen LogP contribution in [0.15, 0.2) is 0 Å². The molecule has 120 valence electrons. The zero-order chi connectivity index (χ0) is 14.7. The summed E-state index contributed by atoms with van der Waals surface area (Å²) in [6.07, 6.45) is 10.2. The van der Waals surface area contributed by atoms with Crippen LogP contribution in [0.4, 0.5) is 0 Å². The fourth-order valence-electron chi connectivity index (χ4n) is 4.61. The average Bonchev–Trinajstić information content (AvgIpc) is 2.95. The molecule has 0 N–H and O–H groups in total. The third-order valence-electron chi connectivity index (χ3n) is 5.91. The Morgan fingerprint density at radius 2 is 1.90 bits per heavy atom. The first kappa shape index (κ1) is 15.5. The summed E-state index contributed by atoms with van der Waals surface area (Å²) in [5.74, 6) is 1.98. The number of carbonyl (C=O) groups excluding carboxylic acids is 1.